The first-order valence-corrected chi connectivity index (χ1v) is 9.82. The molecule has 0 fully saturated rings. The highest BCUT2D eigenvalue weighted by atomic mass is 16.6. The summed E-state index contributed by atoms with van der Waals surface area (Å²) in [5, 5.41) is 34.9. The molecule has 0 saturated carbocycles. The van der Waals surface area contributed by atoms with Gasteiger partial charge in [0.2, 0.25) is 6.54 Å². The molecule has 10 heteroatoms. The Kier molecular flexibility index (Phi) is 5.91. The van der Waals surface area contributed by atoms with Crippen LogP contribution in [0.25, 0.3) is 32.6 Å². The van der Waals surface area contributed by atoms with Crippen LogP contribution in [0.4, 0.5) is 5.69 Å². The molecule has 4 rings (SSSR count). The highest BCUT2D eigenvalue weighted by Crippen LogP contribution is 2.39. The lowest BCUT2D eigenvalue weighted by Gasteiger charge is -2.16. The second-order valence-corrected chi connectivity index (χ2v) is 7.30. The maximum absolute atomic E-state index is 11.6. The number of nitrogens with one attached hydrogen (secondary N) is 1. The van der Waals surface area contributed by atoms with Crippen LogP contribution in [0.1, 0.15) is 17.0 Å². The van der Waals surface area contributed by atoms with Crippen LogP contribution in [0.2, 0.25) is 0 Å². The number of aromatic nitrogens is 1. The number of benzene rings is 3. The van der Waals surface area contributed by atoms with Crippen molar-refractivity contribution in [2.75, 3.05) is 6.54 Å². The van der Waals surface area contributed by atoms with E-state index in [-0.39, 0.29) is 11.5 Å². The van der Waals surface area contributed by atoms with E-state index < -0.39 is 13.0 Å². The molecular formula is C22H18BN5O4. The maximum atomic E-state index is 11.6. The Hall–Kier alpha value is -4.11. The van der Waals surface area contributed by atoms with Crippen LogP contribution in [0.15, 0.2) is 77.9 Å². The molecule has 1 unspecified atom stereocenters. The summed E-state index contributed by atoms with van der Waals surface area (Å²) in [5.74, 6) is -0.585. The zero-order valence-electron chi connectivity index (χ0n) is 16.8. The molecule has 0 aliphatic rings. The summed E-state index contributed by atoms with van der Waals surface area (Å²) < 4.78 is 0. The van der Waals surface area contributed by atoms with Crippen LogP contribution < -0.4 is 5.46 Å². The van der Waals surface area contributed by atoms with Crippen molar-refractivity contribution in [1.82, 2.24) is 4.98 Å². The Morgan fingerprint density at radius 2 is 1.75 bits per heavy atom. The zero-order chi connectivity index (χ0) is 22.7. The first kappa shape index (κ1) is 21.1. The van der Waals surface area contributed by atoms with Crippen LogP contribution in [0.5, 0.6) is 0 Å². The molecular weight excluding hydrogens is 409 g/mol. The van der Waals surface area contributed by atoms with Crippen LogP contribution in [0.3, 0.4) is 0 Å². The number of fused-ring (bicyclic) bond motifs is 1. The van der Waals surface area contributed by atoms with E-state index in [1.165, 1.54) is 0 Å². The first-order chi connectivity index (χ1) is 15.5. The van der Waals surface area contributed by atoms with E-state index in [1.807, 2.05) is 24.3 Å². The molecule has 3 aromatic carbocycles. The third-order valence-corrected chi connectivity index (χ3v) is 5.38. The summed E-state index contributed by atoms with van der Waals surface area (Å²) in [5.41, 5.74) is 13.2. The monoisotopic (exact) mass is 427 g/mol. The van der Waals surface area contributed by atoms with Crippen LogP contribution in [-0.2, 0) is 0 Å². The van der Waals surface area contributed by atoms with Crippen LogP contribution >= 0.6 is 0 Å². The van der Waals surface area contributed by atoms with Crippen molar-refractivity contribution >= 4 is 29.2 Å². The molecule has 0 aliphatic carbocycles. The molecule has 0 aliphatic heterocycles. The molecule has 9 nitrogen and oxygen atoms in total. The number of aromatic amines is 1. The van der Waals surface area contributed by atoms with E-state index in [0.717, 1.165) is 27.7 Å². The average molecular weight is 427 g/mol. The number of rotatable bonds is 7. The summed E-state index contributed by atoms with van der Waals surface area (Å²) >= 11 is 0. The van der Waals surface area contributed by atoms with E-state index in [1.54, 1.807) is 48.5 Å². The molecule has 1 aromatic heterocycles. The molecule has 0 spiro atoms. The van der Waals surface area contributed by atoms with Crippen molar-refractivity contribution in [2.45, 2.75) is 5.92 Å². The minimum Gasteiger partial charge on any atom is -0.423 e. The van der Waals surface area contributed by atoms with Gasteiger partial charge in [-0.05, 0) is 33.8 Å². The van der Waals surface area contributed by atoms with Crippen molar-refractivity contribution in [3.63, 3.8) is 0 Å². The van der Waals surface area contributed by atoms with Crippen molar-refractivity contribution in [3.8, 4) is 11.3 Å². The van der Waals surface area contributed by atoms with Crippen LogP contribution in [-0.4, -0.2) is 33.6 Å². The minimum atomic E-state index is -1.61. The predicted molar refractivity (Wildman–Crippen MR) is 123 cm³/mol. The first-order valence-electron chi connectivity index (χ1n) is 9.82. The van der Waals surface area contributed by atoms with Gasteiger partial charge in [0.15, 0.2) is 0 Å². The largest absolute Gasteiger partial charge is 0.488 e. The number of para-hydroxylation sites is 1. The lowest BCUT2D eigenvalue weighted by molar-refractivity contribution is -0.481. The standard InChI is InChI=1S/C22H18BN5O4/c24-27-26-17-11-7-15(8-12-17)22-21(18-3-1-2-4-20(18)25-22)19(13-28(31)32)14-5-9-16(10-6-14)23(29)30/h1-12,19,25,29-30H,13H2. The fourth-order valence-electron chi connectivity index (χ4n) is 3.91. The van der Waals surface area contributed by atoms with E-state index in [0.29, 0.717) is 16.7 Å². The number of nitro groups is 1. The topological polar surface area (TPSA) is 148 Å². The summed E-state index contributed by atoms with van der Waals surface area (Å²) in [4.78, 5) is 17.4. The second-order valence-electron chi connectivity index (χ2n) is 7.30. The van der Waals surface area contributed by atoms with Gasteiger partial charge in [0.05, 0.1) is 11.6 Å². The lowest BCUT2D eigenvalue weighted by Crippen LogP contribution is -2.29. The molecule has 32 heavy (non-hydrogen) atoms. The van der Waals surface area contributed by atoms with Gasteiger partial charge in [-0.15, -0.1) is 0 Å². The fourth-order valence-corrected chi connectivity index (χ4v) is 3.91. The van der Waals surface area contributed by atoms with Gasteiger partial charge in [-0.25, -0.2) is 0 Å². The fraction of sp³-hybridized carbons (Fsp3) is 0.0909. The van der Waals surface area contributed by atoms with E-state index in [2.05, 4.69) is 15.0 Å². The number of azide groups is 1. The molecule has 0 radical (unpaired) electrons. The zero-order valence-corrected chi connectivity index (χ0v) is 16.8. The molecule has 0 bridgehead atoms. The van der Waals surface area contributed by atoms with Gasteiger partial charge < -0.3 is 15.0 Å². The summed E-state index contributed by atoms with van der Waals surface area (Å²) in [6.45, 7) is -0.341. The molecule has 4 aromatic rings. The van der Waals surface area contributed by atoms with Gasteiger partial charge in [0.25, 0.3) is 0 Å². The normalized spacial score (nSPS) is 11.7. The van der Waals surface area contributed by atoms with Gasteiger partial charge in [-0.3, -0.25) is 10.1 Å². The number of H-pyrrole nitrogens is 1. The van der Waals surface area contributed by atoms with Gasteiger partial charge >= 0.3 is 7.12 Å². The highest BCUT2D eigenvalue weighted by molar-refractivity contribution is 6.58. The lowest BCUT2D eigenvalue weighted by atomic mass is 9.78. The quantitative estimate of drug-likeness (QED) is 0.103. The Balaban J connectivity index is 1.91. The molecule has 1 heterocycles. The summed E-state index contributed by atoms with van der Waals surface area (Å²) in [7, 11) is -1.61. The van der Waals surface area contributed by atoms with Crippen molar-refractivity contribution in [2.24, 2.45) is 5.11 Å². The highest BCUT2D eigenvalue weighted by Gasteiger charge is 2.27. The number of nitrogens with zero attached hydrogens (tertiary/aromatic N) is 4. The Morgan fingerprint density at radius 3 is 2.38 bits per heavy atom. The third-order valence-electron chi connectivity index (χ3n) is 5.38. The molecule has 0 amide bonds. The number of hydrogen-bond acceptors (Lipinski definition) is 5. The van der Waals surface area contributed by atoms with Gasteiger partial charge in [0, 0.05) is 26.4 Å². The van der Waals surface area contributed by atoms with Crippen molar-refractivity contribution in [3.05, 3.63) is 104 Å². The average Bonchev–Trinajstić information content (AvgIpc) is 3.17. The third kappa shape index (κ3) is 4.19. The SMILES string of the molecule is [N-]=[N+]=Nc1ccc(-c2[nH]c3ccccc3c2C(C[N+](=O)[O-])c2ccc(B(O)O)cc2)cc1. The molecule has 158 valence electrons. The van der Waals surface area contributed by atoms with E-state index in [4.69, 9.17) is 5.53 Å². The summed E-state index contributed by atoms with van der Waals surface area (Å²) in [6.07, 6.45) is 0. The Bertz CT molecular complexity index is 1310. The Morgan fingerprint density at radius 1 is 1.06 bits per heavy atom. The number of hydrogen-bond donors (Lipinski definition) is 3. The van der Waals surface area contributed by atoms with Crippen molar-refractivity contribution < 1.29 is 15.0 Å². The molecule has 0 saturated heterocycles. The van der Waals surface area contributed by atoms with Gasteiger partial charge in [-0.1, -0.05) is 71.8 Å². The van der Waals surface area contributed by atoms with Crippen LogP contribution in [0, 0.1) is 10.1 Å². The van der Waals surface area contributed by atoms with Crippen molar-refractivity contribution in [1.29, 1.82) is 0 Å². The van der Waals surface area contributed by atoms with Gasteiger partial charge in [-0.2, -0.15) is 0 Å². The molecule has 3 N–H and O–H groups in total. The second kappa shape index (κ2) is 8.95. The Labute approximate surface area is 182 Å². The minimum absolute atomic E-state index is 0.307. The predicted octanol–water partition coefficient (Wildman–Crippen LogP) is 3.87. The van der Waals surface area contributed by atoms with E-state index in [9.17, 15) is 20.2 Å². The van der Waals surface area contributed by atoms with E-state index >= 15 is 0 Å². The van der Waals surface area contributed by atoms with Gasteiger partial charge in [0.1, 0.15) is 0 Å². The summed E-state index contributed by atoms with van der Waals surface area (Å²) in [6, 6.07) is 21.0. The molecule has 1 atom stereocenters. The smallest absolute Gasteiger partial charge is 0.423 e. The maximum Gasteiger partial charge on any atom is 0.488 e.